The number of benzene rings is 1. The number of phenolic OH excluding ortho intramolecular Hbond substituents is 1. The average molecular weight is 314 g/mol. The van der Waals surface area contributed by atoms with Gasteiger partial charge in [0.15, 0.2) is 5.13 Å². The summed E-state index contributed by atoms with van der Waals surface area (Å²) in [6.45, 7) is 0. The molecule has 0 radical (unpaired) electrons. The van der Waals surface area contributed by atoms with Gasteiger partial charge in [-0.3, -0.25) is 4.72 Å². The number of methoxy groups -OCH3 is 1. The van der Waals surface area contributed by atoms with Gasteiger partial charge in [0.05, 0.1) is 12.0 Å². The van der Waals surface area contributed by atoms with Crippen molar-refractivity contribution in [3.63, 3.8) is 0 Å². The molecule has 0 atom stereocenters. The molecule has 1 aromatic carbocycles. The summed E-state index contributed by atoms with van der Waals surface area (Å²) in [7, 11) is -2.75. The summed E-state index contributed by atoms with van der Waals surface area (Å²) in [5.41, 5.74) is -0.227. The molecule has 0 bridgehead atoms. The quantitative estimate of drug-likeness (QED) is 0.827. The number of hydrogen-bond acceptors (Lipinski definition) is 7. The maximum Gasteiger partial charge on any atom is 0.341 e. The SMILES string of the molecule is COC(=O)c1cc(S(=O)(=O)Nc2nccs2)ccc1O. The molecule has 106 valence electrons. The molecule has 0 aliphatic heterocycles. The molecule has 1 heterocycles. The summed E-state index contributed by atoms with van der Waals surface area (Å²) >= 11 is 1.12. The van der Waals surface area contributed by atoms with E-state index in [4.69, 9.17) is 0 Å². The Morgan fingerprint density at radius 3 is 2.80 bits per heavy atom. The first-order chi connectivity index (χ1) is 9.44. The molecule has 2 N–H and O–H groups in total. The van der Waals surface area contributed by atoms with E-state index < -0.39 is 16.0 Å². The summed E-state index contributed by atoms with van der Waals surface area (Å²) in [5, 5.41) is 11.4. The van der Waals surface area contributed by atoms with Crippen LogP contribution < -0.4 is 4.72 Å². The van der Waals surface area contributed by atoms with Crippen LogP contribution in [0.2, 0.25) is 0 Å². The Balaban J connectivity index is 2.40. The second-order valence-electron chi connectivity index (χ2n) is 3.61. The van der Waals surface area contributed by atoms with Gasteiger partial charge in [0.2, 0.25) is 0 Å². The van der Waals surface area contributed by atoms with Gasteiger partial charge in [-0.15, -0.1) is 11.3 Å². The lowest BCUT2D eigenvalue weighted by atomic mass is 10.2. The number of hydrogen-bond donors (Lipinski definition) is 2. The number of aromatic hydroxyl groups is 1. The Morgan fingerprint density at radius 2 is 2.20 bits per heavy atom. The van der Waals surface area contributed by atoms with Gasteiger partial charge >= 0.3 is 5.97 Å². The largest absolute Gasteiger partial charge is 0.507 e. The minimum Gasteiger partial charge on any atom is -0.507 e. The fourth-order valence-corrected chi connectivity index (χ4v) is 3.22. The van der Waals surface area contributed by atoms with Crippen molar-refractivity contribution in [2.75, 3.05) is 11.8 Å². The van der Waals surface area contributed by atoms with Crippen LogP contribution in [0.25, 0.3) is 0 Å². The minimum absolute atomic E-state index is 0.175. The zero-order chi connectivity index (χ0) is 14.8. The average Bonchev–Trinajstić information content (AvgIpc) is 2.90. The first-order valence-electron chi connectivity index (χ1n) is 5.27. The zero-order valence-corrected chi connectivity index (χ0v) is 11.9. The van der Waals surface area contributed by atoms with Crippen LogP contribution in [-0.2, 0) is 14.8 Å². The van der Waals surface area contributed by atoms with Crippen molar-refractivity contribution in [1.29, 1.82) is 0 Å². The third-order valence-electron chi connectivity index (χ3n) is 2.34. The Labute approximate surface area is 118 Å². The number of carbonyl (C=O) groups excluding carboxylic acids is 1. The lowest BCUT2D eigenvalue weighted by Crippen LogP contribution is -2.14. The van der Waals surface area contributed by atoms with Crippen LogP contribution in [0.4, 0.5) is 5.13 Å². The number of nitrogens with zero attached hydrogens (tertiary/aromatic N) is 1. The van der Waals surface area contributed by atoms with E-state index in [-0.39, 0.29) is 21.3 Å². The van der Waals surface area contributed by atoms with Crippen molar-refractivity contribution in [3.05, 3.63) is 35.3 Å². The third kappa shape index (κ3) is 2.89. The summed E-state index contributed by atoms with van der Waals surface area (Å²) in [6.07, 6.45) is 1.46. The van der Waals surface area contributed by atoms with E-state index in [2.05, 4.69) is 14.4 Å². The molecule has 2 rings (SSSR count). The molecule has 0 fully saturated rings. The predicted molar refractivity (Wildman–Crippen MR) is 72.4 cm³/mol. The predicted octanol–water partition coefficient (Wildman–Crippen LogP) is 1.44. The van der Waals surface area contributed by atoms with Crippen LogP contribution in [0.1, 0.15) is 10.4 Å². The second-order valence-corrected chi connectivity index (χ2v) is 6.19. The zero-order valence-electron chi connectivity index (χ0n) is 10.2. The van der Waals surface area contributed by atoms with Gasteiger partial charge in [0.25, 0.3) is 10.0 Å². The van der Waals surface area contributed by atoms with E-state index in [1.54, 1.807) is 5.38 Å². The van der Waals surface area contributed by atoms with Crippen LogP contribution in [0.5, 0.6) is 5.75 Å². The molecular formula is C11H10N2O5S2. The maximum atomic E-state index is 12.1. The van der Waals surface area contributed by atoms with Gasteiger partial charge in [-0.2, -0.15) is 0 Å². The number of anilines is 1. The molecule has 1 aromatic heterocycles. The smallest absolute Gasteiger partial charge is 0.341 e. The Morgan fingerprint density at radius 1 is 1.45 bits per heavy atom. The lowest BCUT2D eigenvalue weighted by molar-refractivity contribution is 0.0597. The fourth-order valence-electron chi connectivity index (χ4n) is 1.40. The van der Waals surface area contributed by atoms with Gasteiger partial charge in [0.1, 0.15) is 11.3 Å². The van der Waals surface area contributed by atoms with E-state index in [0.29, 0.717) is 0 Å². The maximum absolute atomic E-state index is 12.1. The highest BCUT2D eigenvalue weighted by molar-refractivity contribution is 7.93. The molecular weight excluding hydrogens is 304 g/mol. The molecule has 0 aliphatic carbocycles. The molecule has 9 heteroatoms. The van der Waals surface area contributed by atoms with Crippen molar-refractivity contribution >= 4 is 32.5 Å². The molecule has 0 aliphatic rings. The summed E-state index contributed by atoms with van der Waals surface area (Å²) in [6, 6.07) is 3.33. The highest BCUT2D eigenvalue weighted by Crippen LogP contribution is 2.24. The third-order valence-corrected chi connectivity index (χ3v) is 4.49. The standard InChI is InChI=1S/C11H10N2O5S2/c1-18-10(15)8-6-7(2-3-9(8)14)20(16,17)13-11-12-4-5-19-11/h2-6,14H,1H3,(H,12,13). The van der Waals surface area contributed by atoms with E-state index in [1.807, 2.05) is 0 Å². The van der Waals surface area contributed by atoms with Crippen molar-refractivity contribution in [2.45, 2.75) is 4.90 Å². The summed E-state index contributed by atoms with van der Waals surface area (Å²) in [4.78, 5) is 15.1. The first-order valence-corrected chi connectivity index (χ1v) is 7.64. The summed E-state index contributed by atoms with van der Waals surface area (Å²) in [5.74, 6) is -1.18. The highest BCUT2D eigenvalue weighted by atomic mass is 32.2. The lowest BCUT2D eigenvalue weighted by Gasteiger charge is -2.08. The number of esters is 1. The van der Waals surface area contributed by atoms with Gasteiger partial charge < -0.3 is 9.84 Å². The molecule has 0 saturated heterocycles. The Bertz CT molecular complexity index is 725. The van der Waals surface area contributed by atoms with E-state index >= 15 is 0 Å². The van der Waals surface area contributed by atoms with E-state index in [9.17, 15) is 18.3 Å². The molecule has 0 unspecified atom stereocenters. The van der Waals surface area contributed by atoms with Crippen molar-refractivity contribution in [2.24, 2.45) is 0 Å². The van der Waals surface area contributed by atoms with E-state index in [1.165, 1.54) is 12.3 Å². The van der Waals surface area contributed by atoms with Crippen LogP contribution in [-0.4, -0.2) is 31.6 Å². The second kappa shape index (κ2) is 5.47. The number of rotatable bonds is 4. The number of nitrogens with one attached hydrogen (secondary N) is 1. The van der Waals surface area contributed by atoms with Crippen LogP contribution in [0, 0.1) is 0 Å². The van der Waals surface area contributed by atoms with Crippen LogP contribution in [0.15, 0.2) is 34.7 Å². The van der Waals surface area contributed by atoms with Crippen molar-refractivity contribution in [3.8, 4) is 5.75 Å². The van der Waals surface area contributed by atoms with Crippen LogP contribution >= 0.6 is 11.3 Å². The Hall–Kier alpha value is -2.13. The molecule has 0 saturated carbocycles. The van der Waals surface area contributed by atoms with Crippen molar-refractivity contribution < 1.29 is 23.1 Å². The van der Waals surface area contributed by atoms with E-state index in [0.717, 1.165) is 30.6 Å². The number of phenols is 1. The minimum atomic E-state index is -3.89. The fraction of sp³-hybridized carbons (Fsp3) is 0.0909. The molecule has 2 aromatic rings. The summed E-state index contributed by atoms with van der Waals surface area (Å²) < 4.78 is 30.9. The number of ether oxygens (including phenoxy) is 1. The Kier molecular flexibility index (Phi) is 3.91. The monoisotopic (exact) mass is 314 g/mol. The highest BCUT2D eigenvalue weighted by Gasteiger charge is 2.20. The van der Waals surface area contributed by atoms with Gasteiger partial charge in [-0.05, 0) is 18.2 Å². The molecule has 20 heavy (non-hydrogen) atoms. The van der Waals surface area contributed by atoms with Gasteiger partial charge in [0, 0.05) is 11.6 Å². The number of aromatic nitrogens is 1. The van der Waals surface area contributed by atoms with Crippen LogP contribution in [0.3, 0.4) is 0 Å². The number of sulfonamides is 1. The number of carbonyl (C=O) groups is 1. The normalized spacial score (nSPS) is 11.1. The first kappa shape index (κ1) is 14.3. The molecule has 0 spiro atoms. The molecule has 7 nitrogen and oxygen atoms in total. The van der Waals surface area contributed by atoms with Gasteiger partial charge in [-0.1, -0.05) is 0 Å². The van der Waals surface area contributed by atoms with Crippen molar-refractivity contribution in [1.82, 2.24) is 4.98 Å². The number of thiazole rings is 1. The van der Waals surface area contributed by atoms with Gasteiger partial charge in [-0.25, -0.2) is 18.2 Å². The topological polar surface area (TPSA) is 106 Å². The molecule has 0 amide bonds.